The van der Waals surface area contributed by atoms with Gasteiger partial charge in [-0.1, -0.05) is 49.4 Å². The van der Waals surface area contributed by atoms with Crippen molar-refractivity contribution in [2.75, 3.05) is 19.8 Å². The van der Waals surface area contributed by atoms with Crippen LogP contribution in [-0.4, -0.2) is 29.8 Å². The van der Waals surface area contributed by atoms with E-state index in [2.05, 4.69) is 24.0 Å². The van der Waals surface area contributed by atoms with Crippen LogP contribution in [0, 0.1) is 12.3 Å². The Bertz CT molecular complexity index is 1270. The highest BCUT2D eigenvalue weighted by molar-refractivity contribution is 5.86. The summed E-state index contributed by atoms with van der Waals surface area (Å²) < 4.78 is 23.5. The van der Waals surface area contributed by atoms with E-state index < -0.39 is 0 Å². The van der Waals surface area contributed by atoms with Gasteiger partial charge in [0.15, 0.2) is 0 Å². The molecule has 0 amide bonds. The molecule has 3 heterocycles. The van der Waals surface area contributed by atoms with E-state index >= 15 is 0 Å². The first-order chi connectivity index (χ1) is 16.6. The molecular weight excluding hydrogens is 428 g/mol. The van der Waals surface area contributed by atoms with E-state index in [1.807, 2.05) is 61.5 Å². The third kappa shape index (κ3) is 4.97. The van der Waals surface area contributed by atoms with Crippen LogP contribution >= 0.6 is 0 Å². The second-order valence-electron chi connectivity index (χ2n) is 9.01. The molecule has 4 aromatic rings. The van der Waals surface area contributed by atoms with Crippen LogP contribution in [0.3, 0.4) is 0 Å². The van der Waals surface area contributed by atoms with Gasteiger partial charge in [-0.25, -0.2) is 9.97 Å². The summed E-state index contributed by atoms with van der Waals surface area (Å²) in [7, 11) is 0. The van der Waals surface area contributed by atoms with Gasteiger partial charge in [-0.05, 0) is 30.7 Å². The van der Waals surface area contributed by atoms with Gasteiger partial charge in [-0.2, -0.15) is 0 Å². The van der Waals surface area contributed by atoms with Crippen LogP contribution in [0.4, 0.5) is 0 Å². The van der Waals surface area contributed by atoms with Gasteiger partial charge in [0.1, 0.15) is 24.7 Å². The highest BCUT2D eigenvalue weighted by Gasteiger charge is 2.34. The third-order valence-electron chi connectivity index (χ3n) is 5.95. The molecule has 1 aliphatic heterocycles. The van der Waals surface area contributed by atoms with E-state index in [9.17, 15) is 0 Å². The van der Waals surface area contributed by atoms with E-state index in [0.717, 1.165) is 52.4 Å². The Morgan fingerprint density at radius 1 is 0.912 bits per heavy atom. The lowest BCUT2D eigenvalue weighted by atomic mass is 9.90. The van der Waals surface area contributed by atoms with Crippen LogP contribution in [0.2, 0.25) is 0 Å². The minimum absolute atomic E-state index is 0.0760. The van der Waals surface area contributed by atoms with Crippen molar-refractivity contribution in [2.45, 2.75) is 27.1 Å². The molecule has 1 fully saturated rings. The molecule has 0 aliphatic carbocycles. The van der Waals surface area contributed by atoms with Gasteiger partial charge in [-0.15, -0.1) is 0 Å². The fraction of sp³-hybridized carbons (Fsp3) is 0.286. The lowest BCUT2D eigenvalue weighted by Gasteiger charge is -2.37. The van der Waals surface area contributed by atoms with Gasteiger partial charge in [0.05, 0.1) is 31.0 Å². The minimum Gasteiger partial charge on any atom is -0.493 e. The summed E-state index contributed by atoms with van der Waals surface area (Å²) in [5.74, 6) is 2.05. The van der Waals surface area contributed by atoms with Crippen molar-refractivity contribution in [3.8, 4) is 17.4 Å². The molecule has 0 bridgehead atoms. The van der Waals surface area contributed by atoms with Crippen molar-refractivity contribution in [3.05, 3.63) is 89.7 Å². The van der Waals surface area contributed by atoms with Gasteiger partial charge in [-0.3, -0.25) is 0 Å². The average molecular weight is 457 g/mol. The number of aromatic nitrogens is 2. The molecule has 0 radical (unpaired) electrons. The highest BCUT2D eigenvalue weighted by Crippen LogP contribution is 2.32. The largest absolute Gasteiger partial charge is 0.493 e. The number of ether oxygens (including phenoxy) is 4. The van der Waals surface area contributed by atoms with Crippen LogP contribution in [0.5, 0.6) is 17.4 Å². The van der Waals surface area contributed by atoms with E-state index in [1.54, 1.807) is 6.20 Å². The molecule has 0 saturated carbocycles. The number of fused-ring (bicyclic) bond motifs is 1. The smallest absolute Gasteiger partial charge is 0.217 e. The van der Waals surface area contributed by atoms with Gasteiger partial charge >= 0.3 is 0 Å². The molecule has 34 heavy (non-hydrogen) atoms. The van der Waals surface area contributed by atoms with Crippen LogP contribution in [0.25, 0.3) is 10.9 Å². The number of rotatable bonds is 9. The molecule has 174 valence electrons. The Morgan fingerprint density at radius 2 is 1.71 bits per heavy atom. The summed E-state index contributed by atoms with van der Waals surface area (Å²) in [6.07, 6.45) is 1.69. The van der Waals surface area contributed by atoms with Gasteiger partial charge in [0, 0.05) is 28.6 Å². The maximum Gasteiger partial charge on any atom is 0.217 e. The second kappa shape index (κ2) is 9.69. The lowest BCUT2D eigenvalue weighted by molar-refractivity contribution is -0.120. The van der Waals surface area contributed by atoms with Crippen LogP contribution in [0.15, 0.2) is 72.9 Å². The molecule has 0 N–H and O–H groups in total. The van der Waals surface area contributed by atoms with E-state index in [0.29, 0.717) is 19.1 Å². The minimum atomic E-state index is 0.0760. The van der Waals surface area contributed by atoms with Gasteiger partial charge in [0.2, 0.25) is 5.88 Å². The van der Waals surface area contributed by atoms with Crippen LogP contribution in [0.1, 0.15) is 23.7 Å². The fourth-order valence-electron chi connectivity index (χ4n) is 3.88. The van der Waals surface area contributed by atoms with Crippen molar-refractivity contribution < 1.29 is 18.9 Å². The summed E-state index contributed by atoms with van der Waals surface area (Å²) in [6.45, 7) is 6.99. The summed E-state index contributed by atoms with van der Waals surface area (Å²) in [5.41, 5.74) is 3.83. The summed E-state index contributed by atoms with van der Waals surface area (Å²) >= 11 is 0. The maximum absolute atomic E-state index is 6.29. The van der Waals surface area contributed by atoms with E-state index in [1.165, 1.54) is 0 Å². The van der Waals surface area contributed by atoms with Crippen LogP contribution < -0.4 is 14.2 Å². The Morgan fingerprint density at radius 3 is 2.50 bits per heavy atom. The van der Waals surface area contributed by atoms with Crippen molar-refractivity contribution in [1.82, 2.24) is 9.97 Å². The number of para-hydroxylation sites is 1. The SMILES string of the molecule is Cc1c(COc2cc(OCC3(C)COC3)ccn2)nc2ccccc2c1OCc1ccccc1. The number of hydrogen-bond donors (Lipinski definition) is 0. The molecule has 2 aromatic heterocycles. The molecule has 6 heteroatoms. The van der Waals surface area contributed by atoms with Gasteiger partial charge < -0.3 is 18.9 Å². The standard InChI is InChI=1S/C28H28N2O4/c1-20-25(16-32-26-14-22(12-13-29-26)34-19-28(2)17-31-18-28)30-24-11-7-6-10-23(24)27(20)33-15-21-8-4-3-5-9-21/h3-14H,15-19H2,1-2H3. The van der Waals surface area contributed by atoms with Crippen molar-refractivity contribution in [3.63, 3.8) is 0 Å². The monoisotopic (exact) mass is 456 g/mol. The van der Waals surface area contributed by atoms with Gasteiger partial charge in [0.25, 0.3) is 0 Å². The topological polar surface area (TPSA) is 62.7 Å². The predicted octanol–water partition coefficient (Wildman–Crippen LogP) is 5.51. The van der Waals surface area contributed by atoms with Crippen molar-refractivity contribution in [1.29, 1.82) is 0 Å². The molecule has 6 nitrogen and oxygen atoms in total. The molecule has 0 unspecified atom stereocenters. The van der Waals surface area contributed by atoms with E-state index in [4.69, 9.17) is 23.9 Å². The Kier molecular flexibility index (Phi) is 6.32. The normalized spacial score (nSPS) is 14.4. The zero-order valence-corrected chi connectivity index (χ0v) is 19.5. The maximum atomic E-state index is 6.29. The first kappa shape index (κ1) is 22.2. The highest BCUT2D eigenvalue weighted by atomic mass is 16.5. The Labute approximate surface area is 199 Å². The molecule has 2 aromatic carbocycles. The number of nitrogens with zero attached hydrogens (tertiary/aromatic N) is 2. The quantitative estimate of drug-likeness (QED) is 0.331. The predicted molar refractivity (Wildman–Crippen MR) is 130 cm³/mol. The fourth-order valence-corrected chi connectivity index (χ4v) is 3.88. The molecule has 0 atom stereocenters. The molecule has 0 spiro atoms. The second-order valence-corrected chi connectivity index (χ2v) is 9.01. The first-order valence-electron chi connectivity index (χ1n) is 11.4. The number of pyridine rings is 2. The third-order valence-corrected chi connectivity index (χ3v) is 5.95. The average Bonchev–Trinajstić information content (AvgIpc) is 2.85. The zero-order valence-electron chi connectivity index (χ0n) is 19.5. The van der Waals surface area contributed by atoms with E-state index in [-0.39, 0.29) is 12.0 Å². The molecule has 1 aliphatic rings. The zero-order chi connectivity index (χ0) is 23.4. The summed E-state index contributed by atoms with van der Waals surface area (Å²) in [6, 6.07) is 21.8. The summed E-state index contributed by atoms with van der Waals surface area (Å²) in [4.78, 5) is 9.17. The summed E-state index contributed by atoms with van der Waals surface area (Å²) in [5, 5.41) is 0.988. The molecular formula is C28H28N2O4. The molecule has 5 rings (SSSR count). The van der Waals surface area contributed by atoms with Crippen molar-refractivity contribution in [2.24, 2.45) is 5.41 Å². The number of hydrogen-bond acceptors (Lipinski definition) is 6. The van der Waals surface area contributed by atoms with Crippen molar-refractivity contribution >= 4 is 10.9 Å². The number of benzene rings is 2. The molecule has 1 saturated heterocycles. The Hall–Kier alpha value is -3.64. The Balaban J connectivity index is 1.32. The van der Waals surface area contributed by atoms with Crippen LogP contribution in [-0.2, 0) is 18.0 Å². The first-order valence-corrected chi connectivity index (χ1v) is 11.4. The lowest BCUT2D eigenvalue weighted by Crippen LogP contribution is -2.44.